The first-order valence-electron chi connectivity index (χ1n) is 39.1. The Kier molecular flexibility index (Phi) is 69.9. The molecule has 3 N–H and O–H groups in total. The summed E-state index contributed by atoms with van der Waals surface area (Å²) in [6.07, 6.45) is 77.9. The number of hydrogen-bond acceptors (Lipinski definition) is 15. The van der Waals surface area contributed by atoms with Gasteiger partial charge in [0.15, 0.2) is 12.2 Å². The number of phosphoric ester groups is 2. The fourth-order valence-electron chi connectivity index (χ4n) is 10.2. The highest BCUT2D eigenvalue weighted by molar-refractivity contribution is 7.47. The predicted octanol–water partition coefficient (Wildman–Crippen LogP) is 22.6. The number of unbranched alkanes of at least 4 members (excludes halogenated alkanes) is 29. The lowest BCUT2D eigenvalue weighted by Gasteiger charge is -2.21. The molecule has 576 valence electrons. The molecule has 0 spiro atoms. The number of carbonyl (C=O) groups is 4. The van der Waals surface area contributed by atoms with Gasteiger partial charge in [-0.15, -0.1) is 0 Å². The van der Waals surface area contributed by atoms with Crippen LogP contribution in [0.25, 0.3) is 0 Å². The number of carbonyl (C=O) groups excluding carboxylic acids is 4. The molecule has 0 fully saturated rings. The second-order valence-corrected chi connectivity index (χ2v) is 28.8. The summed E-state index contributed by atoms with van der Waals surface area (Å²) < 4.78 is 68.5. The van der Waals surface area contributed by atoms with Gasteiger partial charge in [-0.1, -0.05) is 259 Å². The maximum atomic E-state index is 13.1. The Labute approximate surface area is 607 Å². The van der Waals surface area contributed by atoms with Crippen LogP contribution in [0, 0.1) is 0 Å². The molecule has 0 amide bonds. The van der Waals surface area contributed by atoms with Gasteiger partial charge in [0.1, 0.15) is 19.3 Å². The summed E-state index contributed by atoms with van der Waals surface area (Å²) in [6.45, 7) is 4.62. The van der Waals surface area contributed by atoms with Gasteiger partial charge in [-0.05, 0) is 148 Å². The molecule has 100 heavy (non-hydrogen) atoms. The van der Waals surface area contributed by atoms with Crippen molar-refractivity contribution < 1.29 is 80.2 Å². The molecule has 19 heteroatoms. The molecule has 0 bridgehead atoms. The van der Waals surface area contributed by atoms with Crippen molar-refractivity contribution in [2.24, 2.45) is 0 Å². The van der Waals surface area contributed by atoms with Crippen LogP contribution in [-0.4, -0.2) is 96.7 Å². The van der Waals surface area contributed by atoms with Crippen LogP contribution in [0.15, 0.2) is 109 Å². The Morgan fingerprint density at radius 2 is 0.530 bits per heavy atom. The van der Waals surface area contributed by atoms with Gasteiger partial charge in [-0.3, -0.25) is 37.3 Å². The molecule has 5 unspecified atom stereocenters. The first-order valence-corrected chi connectivity index (χ1v) is 42.1. The van der Waals surface area contributed by atoms with E-state index in [4.69, 9.17) is 37.0 Å². The Morgan fingerprint density at radius 1 is 0.290 bits per heavy atom. The summed E-state index contributed by atoms with van der Waals surface area (Å²) in [7, 11) is -9.96. The van der Waals surface area contributed by atoms with Gasteiger partial charge < -0.3 is 33.8 Å². The monoisotopic (exact) mass is 1450 g/mol. The average molecular weight is 1450 g/mol. The van der Waals surface area contributed by atoms with Gasteiger partial charge in [-0.25, -0.2) is 9.13 Å². The average Bonchev–Trinajstić information content (AvgIpc) is 0.926. The zero-order valence-electron chi connectivity index (χ0n) is 62.8. The minimum absolute atomic E-state index is 0.0709. The topological polar surface area (TPSA) is 237 Å². The molecule has 0 radical (unpaired) electrons. The van der Waals surface area contributed by atoms with Crippen LogP contribution in [0.3, 0.4) is 0 Å². The van der Waals surface area contributed by atoms with E-state index in [1.165, 1.54) is 51.4 Å². The van der Waals surface area contributed by atoms with Crippen molar-refractivity contribution in [3.8, 4) is 0 Å². The van der Waals surface area contributed by atoms with Crippen molar-refractivity contribution in [3.05, 3.63) is 109 Å². The number of aliphatic hydroxyl groups excluding tert-OH is 1. The number of rotatable bonds is 73. The van der Waals surface area contributed by atoms with Crippen molar-refractivity contribution in [1.82, 2.24) is 0 Å². The third kappa shape index (κ3) is 72.1. The summed E-state index contributed by atoms with van der Waals surface area (Å²) in [5.41, 5.74) is 0. The second kappa shape index (κ2) is 73.0. The number of hydrogen-bond donors (Lipinski definition) is 3. The molecular formula is C81H140O17P2. The van der Waals surface area contributed by atoms with E-state index >= 15 is 0 Å². The lowest BCUT2D eigenvalue weighted by molar-refractivity contribution is -0.161. The van der Waals surface area contributed by atoms with Crippen LogP contribution in [-0.2, 0) is 65.4 Å². The summed E-state index contributed by atoms with van der Waals surface area (Å²) in [4.78, 5) is 72.9. The third-order valence-electron chi connectivity index (χ3n) is 16.2. The van der Waals surface area contributed by atoms with Crippen molar-refractivity contribution in [2.45, 2.75) is 341 Å². The highest BCUT2D eigenvalue weighted by Crippen LogP contribution is 2.45. The molecule has 0 aliphatic heterocycles. The van der Waals surface area contributed by atoms with E-state index in [1.807, 2.05) is 0 Å². The summed E-state index contributed by atoms with van der Waals surface area (Å²) in [5.74, 6) is -2.22. The van der Waals surface area contributed by atoms with Gasteiger partial charge in [0.05, 0.1) is 26.4 Å². The zero-order chi connectivity index (χ0) is 73.2. The van der Waals surface area contributed by atoms with E-state index in [1.54, 1.807) is 0 Å². The Morgan fingerprint density at radius 3 is 0.840 bits per heavy atom. The van der Waals surface area contributed by atoms with Crippen molar-refractivity contribution in [1.29, 1.82) is 0 Å². The molecule has 0 aliphatic carbocycles. The Balaban J connectivity index is 5.35. The summed E-state index contributed by atoms with van der Waals surface area (Å²) >= 11 is 0. The van der Waals surface area contributed by atoms with Crippen LogP contribution in [0.4, 0.5) is 0 Å². The molecule has 0 saturated heterocycles. The lowest BCUT2D eigenvalue weighted by atomic mass is 10.1. The minimum atomic E-state index is -4.98. The van der Waals surface area contributed by atoms with Crippen LogP contribution in [0.1, 0.15) is 323 Å². The zero-order valence-corrected chi connectivity index (χ0v) is 64.6. The number of ether oxygens (including phenoxy) is 4. The number of esters is 4. The van der Waals surface area contributed by atoms with Crippen LogP contribution in [0.2, 0.25) is 0 Å². The maximum Gasteiger partial charge on any atom is 0.472 e. The third-order valence-corrected chi connectivity index (χ3v) is 18.1. The molecule has 0 rings (SSSR count). The molecule has 0 aromatic carbocycles. The molecular weight excluding hydrogens is 1310 g/mol. The highest BCUT2D eigenvalue weighted by atomic mass is 31.2. The molecule has 0 aromatic heterocycles. The molecule has 17 nitrogen and oxygen atoms in total. The normalized spacial score (nSPS) is 14.5. The largest absolute Gasteiger partial charge is 0.472 e. The summed E-state index contributed by atoms with van der Waals surface area (Å²) in [5, 5.41) is 10.6. The van der Waals surface area contributed by atoms with E-state index in [0.29, 0.717) is 25.7 Å². The first kappa shape index (κ1) is 95.7. The van der Waals surface area contributed by atoms with Crippen molar-refractivity contribution >= 4 is 39.5 Å². The van der Waals surface area contributed by atoms with Gasteiger partial charge in [0.25, 0.3) is 0 Å². The quantitative estimate of drug-likeness (QED) is 0.0169. The SMILES string of the molecule is CC/C=C\C/C=C\C/C=C\CCCCCCCC(=O)OC(COC(=O)CCCCCCCC/C=C\C/C=C\C/C=C\CCCCC)COP(=O)(O)OCC(O)COP(=O)(O)OCC(COC(=O)CCCCCCC/C=C\C/C=C\CCCCC)OC(=O)CCCCCCC/C=C\CCCC. The van der Waals surface area contributed by atoms with Gasteiger partial charge >= 0.3 is 39.5 Å². The van der Waals surface area contributed by atoms with Crippen LogP contribution in [0.5, 0.6) is 0 Å². The molecule has 0 saturated carbocycles. The smallest absolute Gasteiger partial charge is 0.462 e. The predicted molar refractivity (Wildman–Crippen MR) is 408 cm³/mol. The van der Waals surface area contributed by atoms with Gasteiger partial charge in [-0.2, -0.15) is 0 Å². The van der Waals surface area contributed by atoms with E-state index < -0.39 is 97.5 Å². The Hall–Kier alpha value is -4.28. The fourth-order valence-corrected chi connectivity index (χ4v) is 11.8. The van der Waals surface area contributed by atoms with Crippen molar-refractivity contribution in [2.75, 3.05) is 39.6 Å². The van der Waals surface area contributed by atoms with Crippen molar-refractivity contribution in [3.63, 3.8) is 0 Å². The number of aliphatic hydroxyl groups is 1. The first-order chi connectivity index (χ1) is 48.7. The molecule has 0 heterocycles. The number of phosphoric acid groups is 2. The lowest BCUT2D eigenvalue weighted by Crippen LogP contribution is -2.30. The van der Waals surface area contributed by atoms with E-state index in [-0.39, 0.29) is 25.7 Å². The van der Waals surface area contributed by atoms with E-state index in [0.717, 1.165) is 193 Å². The molecule has 0 aliphatic rings. The van der Waals surface area contributed by atoms with E-state index in [2.05, 4.69) is 137 Å². The maximum absolute atomic E-state index is 13.1. The van der Waals surface area contributed by atoms with E-state index in [9.17, 15) is 43.2 Å². The van der Waals surface area contributed by atoms with Gasteiger partial charge in [0.2, 0.25) is 0 Å². The highest BCUT2D eigenvalue weighted by Gasteiger charge is 2.30. The molecule has 0 aromatic rings. The van der Waals surface area contributed by atoms with Gasteiger partial charge in [0, 0.05) is 25.7 Å². The fraction of sp³-hybridized carbons (Fsp3) is 0.728. The standard InChI is InChI=1S/C81H140O17P2/c1-5-9-13-17-21-25-29-32-35-36-37-38-41-43-47-50-54-58-62-66-79(84)92-72-77(98-81(86)68-64-60-56-52-48-44-40-34-31-27-23-19-15-11-7-3)74-96-100(89,90)94-70-75(82)69-93-99(87,88)95-73-76(97-80(85)67-63-59-55-51-45-28-24-20-16-12-8-4)71-91-78(83)65-61-57-53-49-46-42-39-33-30-26-22-18-14-10-6-2/h11,15,20-27,32-35,37-40,75-77,82H,5-10,12-14,16-19,28-31,36,41-74H2,1-4H3,(H,87,88)(H,89,90)/b15-11-,24-20-,25-21-,26-22-,27-23-,35-32-,38-37-,39-33-,40-34-. The number of allylic oxidation sites excluding steroid dienone is 18. The Bertz CT molecular complexity index is 2320. The summed E-state index contributed by atoms with van der Waals surface area (Å²) in [6, 6.07) is 0. The van der Waals surface area contributed by atoms with Crippen LogP contribution >= 0.6 is 15.6 Å². The van der Waals surface area contributed by atoms with Crippen LogP contribution < -0.4 is 0 Å². The second-order valence-electron chi connectivity index (χ2n) is 25.9. The minimum Gasteiger partial charge on any atom is -0.462 e. The molecule has 5 atom stereocenters.